The molecule has 1 aliphatic heterocycles. The molecule has 2 rings (SSSR count). The van der Waals surface area contributed by atoms with Crippen molar-refractivity contribution in [2.24, 2.45) is 11.3 Å². The Balaban J connectivity index is 1.80. The summed E-state index contributed by atoms with van der Waals surface area (Å²) in [7, 11) is 0. The standard InChI is InChI=1S/C16H30N2O2/c1-12(19)13-5-4-10-18(11-13)15(20)17-14-6-8-16(2,3)9-7-14/h12-14,19H,4-11H2,1-3H3,(H,17,20). The SMILES string of the molecule is CC(O)C1CCCN(C(=O)NC2CCC(C)(C)CC2)C1. The van der Waals surface area contributed by atoms with Gasteiger partial charge in [-0.2, -0.15) is 0 Å². The molecule has 2 fully saturated rings. The van der Waals surface area contributed by atoms with Crippen LogP contribution in [0.4, 0.5) is 4.79 Å². The van der Waals surface area contributed by atoms with Crippen molar-refractivity contribution in [3.05, 3.63) is 0 Å². The third-order valence-corrected chi connectivity index (χ3v) is 5.09. The van der Waals surface area contributed by atoms with E-state index in [-0.39, 0.29) is 18.1 Å². The van der Waals surface area contributed by atoms with Gasteiger partial charge in [-0.25, -0.2) is 4.79 Å². The maximum atomic E-state index is 12.3. The highest BCUT2D eigenvalue weighted by atomic mass is 16.3. The van der Waals surface area contributed by atoms with Crippen molar-refractivity contribution in [2.75, 3.05) is 13.1 Å². The molecule has 0 spiro atoms. The second kappa shape index (κ2) is 6.33. The molecule has 0 aromatic rings. The Morgan fingerprint density at radius 1 is 1.30 bits per heavy atom. The Morgan fingerprint density at radius 2 is 1.95 bits per heavy atom. The third-order valence-electron chi connectivity index (χ3n) is 5.09. The van der Waals surface area contributed by atoms with E-state index in [1.807, 2.05) is 11.8 Å². The van der Waals surface area contributed by atoms with Crippen LogP contribution >= 0.6 is 0 Å². The largest absolute Gasteiger partial charge is 0.393 e. The first-order chi connectivity index (χ1) is 9.37. The maximum Gasteiger partial charge on any atom is 0.317 e. The minimum Gasteiger partial charge on any atom is -0.393 e. The molecule has 4 heteroatoms. The Labute approximate surface area is 122 Å². The molecule has 0 aromatic heterocycles. The molecule has 2 N–H and O–H groups in total. The normalized spacial score (nSPS) is 29.0. The fraction of sp³-hybridized carbons (Fsp3) is 0.938. The van der Waals surface area contributed by atoms with E-state index >= 15 is 0 Å². The van der Waals surface area contributed by atoms with Gasteiger partial charge in [0.1, 0.15) is 0 Å². The minimum atomic E-state index is -0.318. The smallest absolute Gasteiger partial charge is 0.317 e. The lowest BCUT2D eigenvalue weighted by Gasteiger charge is -2.38. The summed E-state index contributed by atoms with van der Waals surface area (Å²) in [6.45, 7) is 7.97. The highest BCUT2D eigenvalue weighted by Gasteiger charge is 2.30. The van der Waals surface area contributed by atoms with Gasteiger partial charge in [0.15, 0.2) is 0 Å². The third kappa shape index (κ3) is 4.11. The number of likely N-dealkylation sites (tertiary alicyclic amines) is 1. The first-order valence-electron chi connectivity index (χ1n) is 8.11. The average molecular weight is 282 g/mol. The van der Waals surface area contributed by atoms with Crippen LogP contribution in [0.25, 0.3) is 0 Å². The van der Waals surface area contributed by atoms with Crippen LogP contribution in [0.15, 0.2) is 0 Å². The van der Waals surface area contributed by atoms with Crippen molar-refractivity contribution >= 4 is 6.03 Å². The summed E-state index contributed by atoms with van der Waals surface area (Å²) in [5.74, 6) is 0.236. The van der Waals surface area contributed by atoms with E-state index in [9.17, 15) is 9.90 Å². The fourth-order valence-electron chi connectivity index (χ4n) is 3.40. The molecule has 1 aliphatic carbocycles. The highest BCUT2D eigenvalue weighted by molar-refractivity contribution is 5.74. The van der Waals surface area contributed by atoms with Crippen LogP contribution in [0.1, 0.15) is 59.3 Å². The second-order valence-corrected chi connectivity index (χ2v) is 7.48. The molecule has 4 nitrogen and oxygen atoms in total. The van der Waals surface area contributed by atoms with Gasteiger partial charge in [0.05, 0.1) is 6.10 Å². The van der Waals surface area contributed by atoms with E-state index in [1.165, 1.54) is 12.8 Å². The zero-order valence-electron chi connectivity index (χ0n) is 13.2. The van der Waals surface area contributed by atoms with Gasteiger partial charge in [0, 0.05) is 25.0 Å². The van der Waals surface area contributed by atoms with Crippen LogP contribution in [-0.2, 0) is 0 Å². The van der Waals surface area contributed by atoms with Crippen molar-refractivity contribution in [2.45, 2.75) is 71.4 Å². The van der Waals surface area contributed by atoms with Crippen molar-refractivity contribution in [1.29, 1.82) is 0 Å². The van der Waals surface area contributed by atoms with Crippen LogP contribution in [0, 0.1) is 11.3 Å². The summed E-state index contributed by atoms with van der Waals surface area (Å²) < 4.78 is 0. The topological polar surface area (TPSA) is 52.6 Å². The van der Waals surface area contributed by atoms with E-state index < -0.39 is 0 Å². The van der Waals surface area contributed by atoms with Gasteiger partial charge in [-0.3, -0.25) is 0 Å². The van der Waals surface area contributed by atoms with E-state index in [0.29, 0.717) is 18.0 Å². The lowest BCUT2D eigenvalue weighted by molar-refractivity contribution is 0.0723. The molecule has 2 unspecified atom stereocenters. The van der Waals surface area contributed by atoms with Crippen LogP contribution in [0.2, 0.25) is 0 Å². The zero-order chi connectivity index (χ0) is 14.8. The molecule has 0 radical (unpaired) electrons. The number of nitrogens with zero attached hydrogens (tertiary/aromatic N) is 1. The van der Waals surface area contributed by atoms with E-state index in [4.69, 9.17) is 0 Å². The second-order valence-electron chi connectivity index (χ2n) is 7.48. The van der Waals surface area contributed by atoms with Gasteiger partial charge in [-0.1, -0.05) is 13.8 Å². The molecule has 1 saturated carbocycles. The fourth-order valence-corrected chi connectivity index (χ4v) is 3.40. The first-order valence-corrected chi connectivity index (χ1v) is 8.11. The molecule has 0 bridgehead atoms. The van der Waals surface area contributed by atoms with E-state index in [2.05, 4.69) is 19.2 Å². The van der Waals surface area contributed by atoms with Gasteiger partial charge < -0.3 is 15.3 Å². The lowest BCUT2D eigenvalue weighted by Crippen LogP contribution is -2.50. The van der Waals surface area contributed by atoms with Crippen LogP contribution in [-0.4, -0.2) is 41.3 Å². The van der Waals surface area contributed by atoms with Gasteiger partial charge >= 0.3 is 6.03 Å². The number of aliphatic hydroxyl groups is 1. The summed E-state index contributed by atoms with van der Waals surface area (Å²) in [5.41, 5.74) is 0.434. The predicted molar refractivity (Wildman–Crippen MR) is 80.5 cm³/mol. The number of piperidine rings is 1. The Morgan fingerprint density at radius 3 is 2.55 bits per heavy atom. The van der Waals surface area contributed by atoms with Gasteiger partial charge in [-0.05, 0) is 50.9 Å². The number of hydrogen-bond donors (Lipinski definition) is 2. The van der Waals surface area contributed by atoms with Crippen molar-refractivity contribution in [1.82, 2.24) is 10.2 Å². The molecule has 116 valence electrons. The van der Waals surface area contributed by atoms with Crippen molar-refractivity contribution < 1.29 is 9.90 Å². The van der Waals surface area contributed by atoms with Crippen LogP contribution in [0.3, 0.4) is 0 Å². The lowest BCUT2D eigenvalue weighted by atomic mass is 9.75. The molecule has 2 atom stereocenters. The summed E-state index contributed by atoms with van der Waals surface area (Å²) in [6, 6.07) is 0.405. The van der Waals surface area contributed by atoms with E-state index in [0.717, 1.165) is 32.2 Å². The predicted octanol–water partition coefficient (Wildman–Crippen LogP) is 2.76. The molecule has 0 aromatic carbocycles. The number of carbonyl (C=O) groups is 1. The van der Waals surface area contributed by atoms with Crippen LogP contribution < -0.4 is 5.32 Å². The molecule has 1 heterocycles. The van der Waals surface area contributed by atoms with Crippen LogP contribution in [0.5, 0.6) is 0 Å². The Kier molecular flexibility index (Phi) is 4.95. The monoisotopic (exact) mass is 282 g/mol. The number of rotatable bonds is 2. The Bertz CT molecular complexity index is 331. The van der Waals surface area contributed by atoms with E-state index in [1.54, 1.807) is 0 Å². The average Bonchev–Trinajstić information content (AvgIpc) is 2.41. The maximum absolute atomic E-state index is 12.3. The summed E-state index contributed by atoms with van der Waals surface area (Å²) >= 11 is 0. The number of hydrogen-bond acceptors (Lipinski definition) is 2. The van der Waals surface area contributed by atoms with Gasteiger partial charge in [0.2, 0.25) is 0 Å². The molecular formula is C16H30N2O2. The van der Waals surface area contributed by atoms with Gasteiger partial charge in [-0.15, -0.1) is 0 Å². The number of carbonyl (C=O) groups excluding carboxylic acids is 1. The van der Waals surface area contributed by atoms with Crippen molar-refractivity contribution in [3.63, 3.8) is 0 Å². The summed E-state index contributed by atoms with van der Waals surface area (Å²) in [6.07, 6.45) is 6.27. The molecular weight excluding hydrogens is 252 g/mol. The van der Waals surface area contributed by atoms with Crippen molar-refractivity contribution in [3.8, 4) is 0 Å². The summed E-state index contributed by atoms with van der Waals surface area (Å²) in [4.78, 5) is 14.2. The number of amides is 2. The highest BCUT2D eigenvalue weighted by Crippen LogP contribution is 2.35. The summed E-state index contributed by atoms with van der Waals surface area (Å²) in [5, 5.41) is 12.9. The molecule has 1 saturated heterocycles. The number of aliphatic hydroxyl groups excluding tert-OH is 1. The minimum absolute atomic E-state index is 0.0695. The number of nitrogens with one attached hydrogen (secondary N) is 1. The molecule has 2 aliphatic rings. The Hall–Kier alpha value is -0.770. The first kappa shape index (κ1) is 15.6. The number of urea groups is 1. The zero-order valence-corrected chi connectivity index (χ0v) is 13.2. The molecule has 20 heavy (non-hydrogen) atoms. The quantitative estimate of drug-likeness (QED) is 0.818. The van der Waals surface area contributed by atoms with Gasteiger partial charge in [0.25, 0.3) is 0 Å². The molecule has 2 amide bonds.